The van der Waals surface area contributed by atoms with Crippen LogP contribution in [0.2, 0.25) is 0 Å². The summed E-state index contributed by atoms with van der Waals surface area (Å²) >= 11 is 0. The van der Waals surface area contributed by atoms with Gasteiger partial charge in [0.1, 0.15) is 0 Å². The van der Waals surface area contributed by atoms with Gasteiger partial charge in [0.05, 0.1) is 0 Å². The zero-order valence-corrected chi connectivity index (χ0v) is 8.05. The van der Waals surface area contributed by atoms with Crippen LogP contribution in [0.25, 0.3) is 0 Å². The van der Waals surface area contributed by atoms with E-state index in [-0.39, 0.29) is 17.9 Å². The summed E-state index contributed by atoms with van der Waals surface area (Å²) in [6.45, 7) is 3.96. The van der Waals surface area contributed by atoms with Crippen LogP contribution in [-0.4, -0.2) is 11.9 Å². The molecule has 0 aliphatic heterocycles. The molecule has 1 amide bonds. The molecule has 0 aromatic rings. The first-order chi connectivity index (χ1) is 5.57. The molecule has 0 aliphatic carbocycles. The zero-order valence-electron chi connectivity index (χ0n) is 8.05. The number of nitrogens with two attached hydrogens (primary N) is 2. The molecule has 72 valence electrons. The number of carbonyl (C=O) groups excluding carboxylic acids is 1. The maximum absolute atomic E-state index is 10.7. The van der Waals surface area contributed by atoms with E-state index in [0.717, 1.165) is 25.7 Å². The lowest BCUT2D eigenvalue weighted by molar-refractivity contribution is -0.121. The Kier molecular flexibility index (Phi) is 5.72. The van der Waals surface area contributed by atoms with E-state index in [9.17, 15) is 4.79 Å². The van der Waals surface area contributed by atoms with Crippen molar-refractivity contribution in [1.29, 1.82) is 0 Å². The molecular formula is C9H20N2O. The van der Waals surface area contributed by atoms with Crippen LogP contribution in [0.3, 0.4) is 0 Å². The van der Waals surface area contributed by atoms with Crippen LogP contribution >= 0.6 is 0 Å². The first kappa shape index (κ1) is 11.4. The summed E-state index contributed by atoms with van der Waals surface area (Å²) in [7, 11) is 0. The summed E-state index contributed by atoms with van der Waals surface area (Å²) < 4.78 is 0. The van der Waals surface area contributed by atoms with Crippen LogP contribution in [0.5, 0.6) is 0 Å². The predicted molar refractivity (Wildman–Crippen MR) is 50.5 cm³/mol. The van der Waals surface area contributed by atoms with Crippen molar-refractivity contribution in [3.05, 3.63) is 0 Å². The minimum Gasteiger partial charge on any atom is -0.369 e. The average molecular weight is 172 g/mol. The fraction of sp³-hybridized carbons (Fsp3) is 0.889. The highest BCUT2D eigenvalue weighted by atomic mass is 16.1. The smallest absolute Gasteiger partial charge is 0.220 e. The SMILES string of the molecule is CCCCC(N)CC(C)C(N)=O. The van der Waals surface area contributed by atoms with E-state index in [1.165, 1.54) is 0 Å². The highest BCUT2D eigenvalue weighted by Gasteiger charge is 2.12. The molecule has 0 rings (SSSR count). The Hall–Kier alpha value is -0.570. The second kappa shape index (κ2) is 6.00. The standard InChI is InChI=1S/C9H20N2O/c1-3-4-5-8(10)6-7(2)9(11)12/h7-8H,3-6,10H2,1-2H3,(H2,11,12). The Labute approximate surface area is 74.5 Å². The van der Waals surface area contributed by atoms with E-state index in [1.807, 2.05) is 6.92 Å². The molecule has 0 heterocycles. The van der Waals surface area contributed by atoms with Gasteiger partial charge in [0, 0.05) is 12.0 Å². The van der Waals surface area contributed by atoms with E-state index < -0.39 is 0 Å². The summed E-state index contributed by atoms with van der Waals surface area (Å²) in [5.74, 6) is -0.334. The Morgan fingerprint density at radius 2 is 2.08 bits per heavy atom. The van der Waals surface area contributed by atoms with Crippen molar-refractivity contribution in [2.24, 2.45) is 17.4 Å². The lowest BCUT2D eigenvalue weighted by Gasteiger charge is -2.13. The van der Waals surface area contributed by atoms with Gasteiger partial charge in [0.25, 0.3) is 0 Å². The Morgan fingerprint density at radius 3 is 2.50 bits per heavy atom. The Bertz CT molecular complexity index is 136. The van der Waals surface area contributed by atoms with E-state index in [0.29, 0.717) is 0 Å². The summed E-state index contributed by atoms with van der Waals surface area (Å²) in [6.07, 6.45) is 3.99. The van der Waals surface area contributed by atoms with Crippen LogP contribution in [0.15, 0.2) is 0 Å². The molecule has 0 fully saturated rings. The number of amides is 1. The van der Waals surface area contributed by atoms with E-state index in [4.69, 9.17) is 11.5 Å². The van der Waals surface area contributed by atoms with E-state index in [2.05, 4.69) is 6.92 Å². The van der Waals surface area contributed by atoms with Gasteiger partial charge in [-0.25, -0.2) is 0 Å². The number of hydrogen-bond donors (Lipinski definition) is 2. The topological polar surface area (TPSA) is 69.1 Å². The second-order valence-corrected chi connectivity index (χ2v) is 3.44. The van der Waals surface area contributed by atoms with Crippen molar-refractivity contribution in [3.63, 3.8) is 0 Å². The van der Waals surface area contributed by atoms with Crippen molar-refractivity contribution in [2.75, 3.05) is 0 Å². The minimum absolute atomic E-state index is 0.0862. The molecule has 2 atom stereocenters. The van der Waals surface area contributed by atoms with Gasteiger partial charge in [0.15, 0.2) is 0 Å². The minimum atomic E-state index is -0.248. The van der Waals surface area contributed by atoms with E-state index >= 15 is 0 Å². The maximum atomic E-state index is 10.7. The molecule has 0 aromatic carbocycles. The third-order valence-corrected chi connectivity index (χ3v) is 2.07. The molecule has 4 N–H and O–H groups in total. The van der Waals surface area contributed by atoms with Crippen molar-refractivity contribution >= 4 is 5.91 Å². The van der Waals surface area contributed by atoms with Crippen LogP contribution in [0.4, 0.5) is 0 Å². The number of primary amides is 1. The molecule has 2 unspecified atom stereocenters. The highest BCUT2D eigenvalue weighted by Crippen LogP contribution is 2.08. The van der Waals surface area contributed by atoms with Gasteiger partial charge < -0.3 is 11.5 Å². The number of rotatable bonds is 6. The Balaban J connectivity index is 3.53. The van der Waals surface area contributed by atoms with Gasteiger partial charge in [-0.2, -0.15) is 0 Å². The molecule has 0 spiro atoms. The highest BCUT2D eigenvalue weighted by molar-refractivity contribution is 5.76. The van der Waals surface area contributed by atoms with Gasteiger partial charge in [-0.1, -0.05) is 26.7 Å². The molecule has 0 saturated heterocycles. The molecule has 0 bridgehead atoms. The first-order valence-corrected chi connectivity index (χ1v) is 4.62. The van der Waals surface area contributed by atoms with Gasteiger partial charge >= 0.3 is 0 Å². The molecule has 0 aromatic heterocycles. The van der Waals surface area contributed by atoms with Crippen molar-refractivity contribution in [2.45, 2.75) is 45.6 Å². The summed E-state index contributed by atoms with van der Waals surface area (Å²) in [5.41, 5.74) is 10.9. The molecular weight excluding hydrogens is 152 g/mol. The molecule has 0 aliphatic rings. The van der Waals surface area contributed by atoms with Crippen molar-refractivity contribution in [3.8, 4) is 0 Å². The lowest BCUT2D eigenvalue weighted by Crippen LogP contribution is -2.29. The first-order valence-electron chi connectivity index (χ1n) is 4.62. The summed E-state index contributed by atoms with van der Waals surface area (Å²) in [4.78, 5) is 10.7. The summed E-state index contributed by atoms with van der Waals surface area (Å²) in [5, 5.41) is 0. The van der Waals surface area contributed by atoms with Crippen molar-refractivity contribution in [1.82, 2.24) is 0 Å². The van der Waals surface area contributed by atoms with Crippen LogP contribution in [-0.2, 0) is 4.79 Å². The predicted octanol–water partition coefficient (Wildman–Crippen LogP) is 1.02. The van der Waals surface area contributed by atoms with Crippen molar-refractivity contribution < 1.29 is 4.79 Å². The van der Waals surface area contributed by atoms with Gasteiger partial charge in [-0.15, -0.1) is 0 Å². The number of hydrogen-bond acceptors (Lipinski definition) is 2. The number of unbranched alkanes of at least 4 members (excludes halogenated alkanes) is 1. The third-order valence-electron chi connectivity index (χ3n) is 2.07. The fourth-order valence-corrected chi connectivity index (χ4v) is 1.15. The van der Waals surface area contributed by atoms with Crippen LogP contribution in [0.1, 0.15) is 39.5 Å². The maximum Gasteiger partial charge on any atom is 0.220 e. The second-order valence-electron chi connectivity index (χ2n) is 3.44. The largest absolute Gasteiger partial charge is 0.369 e. The zero-order chi connectivity index (χ0) is 9.56. The fourth-order valence-electron chi connectivity index (χ4n) is 1.15. The molecule has 3 heteroatoms. The van der Waals surface area contributed by atoms with E-state index in [1.54, 1.807) is 0 Å². The van der Waals surface area contributed by atoms with Crippen LogP contribution in [0, 0.1) is 5.92 Å². The summed E-state index contributed by atoms with van der Waals surface area (Å²) in [6, 6.07) is 0.132. The van der Waals surface area contributed by atoms with Gasteiger partial charge in [0.2, 0.25) is 5.91 Å². The molecule has 0 saturated carbocycles. The third kappa shape index (κ3) is 5.13. The number of carbonyl (C=O) groups is 1. The molecule has 0 radical (unpaired) electrons. The quantitative estimate of drug-likeness (QED) is 0.628. The Morgan fingerprint density at radius 1 is 1.50 bits per heavy atom. The van der Waals surface area contributed by atoms with Gasteiger partial charge in [-0.05, 0) is 12.8 Å². The molecule has 3 nitrogen and oxygen atoms in total. The molecule has 12 heavy (non-hydrogen) atoms. The van der Waals surface area contributed by atoms with Gasteiger partial charge in [-0.3, -0.25) is 4.79 Å². The average Bonchev–Trinajstić information content (AvgIpc) is 2.00. The van der Waals surface area contributed by atoms with Crippen LogP contribution < -0.4 is 11.5 Å². The lowest BCUT2D eigenvalue weighted by atomic mass is 9.98. The monoisotopic (exact) mass is 172 g/mol. The normalized spacial score (nSPS) is 15.6.